The van der Waals surface area contributed by atoms with E-state index in [0.717, 1.165) is 5.56 Å². The standard InChI is InChI=1S/C20H23FN2O4.C4H6O4/c1-20(2,9-12-3-5-13(21)6-4-12)22-10-17(25)15-7-14(24)8-16-19(15)27-11-18(26)23-16;5-3(6)1-2-4(7)8/h3-8,17,22,24-25H,9-11H2,1-2H3,(H,23,26);1-2H2,(H,5,6)(H,7,8)/t17-;/m0./s1. The molecule has 0 saturated heterocycles. The number of aliphatic hydroxyl groups excluding tert-OH is 1. The number of aromatic hydroxyl groups is 1. The molecule has 1 atom stereocenters. The van der Waals surface area contributed by atoms with Crippen LogP contribution in [0, 0.1) is 5.82 Å². The number of nitrogens with one attached hydrogen (secondary N) is 2. The molecule has 0 unspecified atom stereocenters. The van der Waals surface area contributed by atoms with Gasteiger partial charge in [-0.2, -0.15) is 0 Å². The number of carboxylic acids is 2. The monoisotopic (exact) mass is 492 g/mol. The molecule has 0 radical (unpaired) electrons. The van der Waals surface area contributed by atoms with Crippen molar-refractivity contribution >= 4 is 23.5 Å². The van der Waals surface area contributed by atoms with Gasteiger partial charge in [-0.05, 0) is 44.0 Å². The van der Waals surface area contributed by atoms with Gasteiger partial charge in [-0.1, -0.05) is 12.1 Å². The normalized spacial score (nSPS) is 13.4. The zero-order valence-corrected chi connectivity index (χ0v) is 19.4. The number of hydrogen-bond donors (Lipinski definition) is 6. The lowest BCUT2D eigenvalue weighted by molar-refractivity contribution is -0.143. The summed E-state index contributed by atoms with van der Waals surface area (Å²) in [4.78, 5) is 30.7. The summed E-state index contributed by atoms with van der Waals surface area (Å²) in [7, 11) is 0. The Morgan fingerprint density at radius 3 is 2.31 bits per heavy atom. The molecule has 2 aromatic rings. The van der Waals surface area contributed by atoms with E-state index in [1.165, 1.54) is 24.3 Å². The minimum Gasteiger partial charge on any atom is -0.508 e. The maximum absolute atomic E-state index is 13.0. The Morgan fingerprint density at radius 2 is 1.74 bits per heavy atom. The highest BCUT2D eigenvalue weighted by atomic mass is 19.1. The molecular formula is C24H29FN2O8. The summed E-state index contributed by atoms with van der Waals surface area (Å²) in [5, 5.41) is 42.2. The van der Waals surface area contributed by atoms with Crippen molar-refractivity contribution in [3.63, 3.8) is 0 Å². The first-order chi connectivity index (χ1) is 16.4. The second-order valence-corrected chi connectivity index (χ2v) is 8.62. The van der Waals surface area contributed by atoms with Gasteiger partial charge in [0.1, 0.15) is 17.3 Å². The van der Waals surface area contributed by atoms with Gasteiger partial charge in [-0.3, -0.25) is 14.4 Å². The van der Waals surface area contributed by atoms with E-state index in [-0.39, 0.29) is 49.0 Å². The number of carbonyl (C=O) groups is 3. The number of ether oxygens (including phenoxy) is 1. The van der Waals surface area contributed by atoms with Crippen LogP contribution in [-0.2, 0) is 20.8 Å². The predicted octanol–water partition coefficient (Wildman–Crippen LogP) is 2.44. The number of halogens is 1. The van der Waals surface area contributed by atoms with Crippen molar-refractivity contribution in [2.24, 2.45) is 0 Å². The molecule has 0 bridgehead atoms. The Morgan fingerprint density at radius 1 is 1.14 bits per heavy atom. The summed E-state index contributed by atoms with van der Waals surface area (Å²) >= 11 is 0. The molecule has 1 aliphatic rings. The lowest BCUT2D eigenvalue weighted by atomic mass is 9.94. The van der Waals surface area contributed by atoms with Gasteiger partial charge in [-0.25, -0.2) is 4.39 Å². The Bertz CT molecular complexity index is 1040. The van der Waals surface area contributed by atoms with E-state index in [1.54, 1.807) is 12.1 Å². The van der Waals surface area contributed by atoms with Crippen LogP contribution in [0.3, 0.4) is 0 Å². The fourth-order valence-electron chi connectivity index (χ4n) is 3.33. The zero-order chi connectivity index (χ0) is 26.2. The molecule has 3 rings (SSSR count). The molecule has 10 nitrogen and oxygen atoms in total. The Labute approximate surface area is 201 Å². The van der Waals surface area contributed by atoms with Crippen molar-refractivity contribution in [2.75, 3.05) is 18.5 Å². The van der Waals surface area contributed by atoms with Gasteiger partial charge in [-0.15, -0.1) is 0 Å². The third-order valence-corrected chi connectivity index (χ3v) is 4.97. The number of fused-ring (bicyclic) bond motifs is 1. The van der Waals surface area contributed by atoms with Crippen molar-refractivity contribution < 1.29 is 43.9 Å². The second kappa shape index (κ2) is 12.1. The molecule has 0 aromatic heterocycles. The van der Waals surface area contributed by atoms with Crippen LogP contribution in [0.15, 0.2) is 36.4 Å². The zero-order valence-electron chi connectivity index (χ0n) is 19.4. The first-order valence-electron chi connectivity index (χ1n) is 10.8. The highest BCUT2D eigenvalue weighted by molar-refractivity contribution is 5.96. The number of phenolic OH excluding ortho intramolecular Hbond substituents is 1. The van der Waals surface area contributed by atoms with Crippen molar-refractivity contribution in [2.45, 2.75) is 44.8 Å². The van der Waals surface area contributed by atoms with E-state index >= 15 is 0 Å². The van der Waals surface area contributed by atoms with Crippen LogP contribution in [0.1, 0.15) is 43.9 Å². The van der Waals surface area contributed by atoms with Gasteiger partial charge in [0.05, 0.1) is 24.6 Å². The van der Waals surface area contributed by atoms with Gasteiger partial charge >= 0.3 is 11.9 Å². The molecule has 2 aromatic carbocycles. The smallest absolute Gasteiger partial charge is 0.303 e. The van der Waals surface area contributed by atoms with Gasteiger partial charge in [0, 0.05) is 23.7 Å². The number of aliphatic carboxylic acids is 2. The number of rotatable bonds is 9. The number of carbonyl (C=O) groups excluding carboxylic acids is 1. The molecule has 1 aliphatic heterocycles. The average Bonchev–Trinajstić information content (AvgIpc) is 2.77. The van der Waals surface area contributed by atoms with Gasteiger partial charge < -0.3 is 35.8 Å². The maximum Gasteiger partial charge on any atom is 0.303 e. The molecule has 0 spiro atoms. The number of carboxylic acid groups (broad SMARTS) is 2. The van der Waals surface area contributed by atoms with Gasteiger partial charge in [0.15, 0.2) is 6.61 Å². The van der Waals surface area contributed by atoms with Crippen molar-refractivity contribution in [1.29, 1.82) is 0 Å². The molecule has 1 amide bonds. The number of phenols is 1. The van der Waals surface area contributed by atoms with Crippen molar-refractivity contribution in [3.8, 4) is 11.5 Å². The number of aliphatic hydroxyl groups is 1. The Balaban J connectivity index is 0.000000466. The predicted molar refractivity (Wildman–Crippen MR) is 124 cm³/mol. The van der Waals surface area contributed by atoms with Crippen LogP contribution in [0.2, 0.25) is 0 Å². The molecule has 6 N–H and O–H groups in total. The lowest BCUT2D eigenvalue weighted by Crippen LogP contribution is -2.43. The molecule has 190 valence electrons. The highest BCUT2D eigenvalue weighted by Crippen LogP contribution is 2.38. The number of anilines is 1. The fourth-order valence-corrected chi connectivity index (χ4v) is 3.33. The fraction of sp³-hybridized carbons (Fsp3) is 0.375. The number of hydrogen-bond acceptors (Lipinski definition) is 7. The topological polar surface area (TPSA) is 165 Å². The third kappa shape index (κ3) is 9.22. The molecule has 35 heavy (non-hydrogen) atoms. The van der Waals surface area contributed by atoms with Crippen LogP contribution in [0.5, 0.6) is 11.5 Å². The summed E-state index contributed by atoms with van der Waals surface area (Å²) in [6.07, 6.45) is -0.900. The number of β-amino-alcohol motifs (C(OH)–C–C–N with tert-alkyl or cyclic N) is 1. The first kappa shape index (κ1) is 27.5. The van der Waals surface area contributed by atoms with E-state index in [4.69, 9.17) is 14.9 Å². The van der Waals surface area contributed by atoms with Crippen LogP contribution in [0.4, 0.5) is 10.1 Å². The largest absolute Gasteiger partial charge is 0.508 e. The van der Waals surface area contributed by atoms with Crippen LogP contribution < -0.4 is 15.4 Å². The molecular weight excluding hydrogens is 463 g/mol. The van der Waals surface area contributed by atoms with Gasteiger partial charge in [0.2, 0.25) is 0 Å². The maximum atomic E-state index is 13.0. The van der Waals surface area contributed by atoms with Crippen molar-refractivity contribution in [3.05, 3.63) is 53.3 Å². The van der Waals surface area contributed by atoms with Crippen LogP contribution in [-0.4, -0.2) is 57.0 Å². The van der Waals surface area contributed by atoms with E-state index in [0.29, 0.717) is 23.4 Å². The van der Waals surface area contributed by atoms with Crippen molar-refractivity contribution in [1.82, 2.24) is 5.32 Å². The Kier molecular flexibility index (Phi) is 9.55. The molecule has 0 fully saturated rings. The summed E-state index contributed by atoms with van der Waals surface area (Å²) in [5.41, 5.74) is 1.36. The summed E-state index contributed by atoms with van der Waals surface area (Å²) in [6, 6.07) is 9.12. The van der Waals surface area contributed by atoms with E-state index in [1.807, 2.05) is 13.8 Å². The van der Waals surface area contributed by atoms with E-state index < -0.39 is 18.0 Å². The average molecular weight is 493 g/mol. The minimum atomic E-state index is -1.08. The molecule has 0 saturated carbocycles. The highest BCUT2D eigenvalue weighted by Gasteiger charge is 2.26. The molecule has 0 aliphatic carbocycles. The SMILES string of the molecule is CC(C)(Cc1ccc(F)cc1)NC[C@H](O)c1cc(O)cc2c1OCC(=O)N2.O=C(O)CCC(=O)O. The summed E-state index contributed by atoms with van der Waals surface area (Å²) < 4.78 is 18.5. The lowest BCUT2D eigenvalue weighted by Gasteiger charge is -2.29. The van der Waals surface area contributed by atoms with Crippen LogP contribution in [0.25, 0.3) is 0 Å². The minimum absolute atomic E-state index is 0.0702. The van der Waals surface area contributed by atoms with Gasteiger partial charge in [0.25, 0.3) is 5.91 Å². The second-order valence-electron chi connectivity index (χ2n) is 8.62. The Hall–Kier alpha value is -3.70. The van der Waals surface area contributed by atoms with E-state index in [9.17, 15) is 29.0 Å². The number of benzene rings is 2. The number of amides is 1. The van der Waals surface area contributed by atoms with E-state index in [2.05, 4.69) is 10.6 Å². The summed E-state index contributed by atoms with van der Waals surface area (Å²) in [6.45, 7) is 4.04. The van der Waals surface area contributed by atoms with Crippen LogP contribution >= 0.6 is 0 Å². The first-order valence-corrected chi connectivity index (χ1v) is 10.8. The summed E-state index contributed by atoms with van der Waals surface area (Å²) in [5.74, 6) is -2.45. The third-order valence-electron chi connectivity index (χ3n) is 4.97. The quantitative estimate of drug-likeness (QED) is 0.308. The molecule has 1 heterocycles. The molecule has 11 heteroatoms.